The lowest BCUT2D eigenvalue weighted by Crippen LogP contribution is -2.16. The summed E-state index contributed by atoms with van der Waals surface area (Å²) < 4.78 is 14.2. The van der Waals surface area contributed by atoms with Crippen LogP contribution in [0.15, 0.2) is 22.7 Å². The van der Waals surface area contributed by atoms with E-state index in [2.05, 4.69) is 35.1 Å². The molecule has 16 heavy (non-hydrogen) atoms. The lowest BCUT2D eigenvalue weighted by Gasteiger charge is -2.07. The molecule has 3 heteroatoms. The SMILES string of the molecule is CC(C)CCCNCc1ccc(Br)cc1F. The van der Waals surface area contributed by atoms with E-state index >= 15 is 0 Å². The van der Waals surface area contributed by atoms with Crippen LogP contribution in [0.25, 0.3) is 0 Å². The Bertz CT molecular complexity index is 326. The fraction of sp³-hybridized carbons (Fsp3) is 0.538. The molecular formula is C13H19BrFN. The summed E-state index contributed by atoms with van der Waals surface area (Å²) in [4.78, 5) is 0. The lowest BCUT2D eigenvalue weighted by atomic mass is 10.1. The van der Waals surface area contributed by atoms with Crippen LogP contribution in [0.2, 0.25) is 0 Å². The highest BCUT2D eigenvalue weighted by molar-refractivity contribution is 9.10. The highest BCUT2D eigenvalue weighted by Gasteiger charge is 2.01. The Morgan fingerprint density at radius 2 is 2.12 bits per heavy atom. The third-order valence-corrected chi connectivity index (χ3v) is 2.96. The second kappa shape index (κ2) is 7.02. The number of benzene rings is 1. The minimum absolute atomic E-state index is 0.147. The van der Waals surface area contributed by atoms with Gasteiger partial charge in [-0.05, 0) is 37.4 Å². The van der Waals surface area contributed by atoms with Gasteiger partial charge in [-0.3, -0.25) is 0 Å². The Morgan fingerprint density at radius 1 is 1.38 bits per heavy atom. The van der Waals surface area contributed by atoms with Crippen molar-refractivity contribution in [2.75, 3.05) is 6.54 Å². The van der Waals surface area contributed by atoms with E-state index in [0.29, 0.717) is 6.54 Å². The minimum atomic E-state index is -0.147. The predicted octanol–water partition coefficient (Wildman–Crippen LogP) is 4.11. The third kappa shape index (κ3) is 5.08. The molecule has 0 aliphatic rings. The molecule has 0 fully saturated rings. The molecular weight excluding hydrogens is 269 g/mol. The highest BCUT2D eigenvalue weighted by Crippen LogP contribution is 2.15. The van der Waals surface area contributed by atoms with Crippen molar-refractivity contribution in [1.29, 1.82) is 0 Å². The average molecular weight is 288 g/mol. The van der Waals surface area contributed by atoms with Crippen LogP contribution >= 0.6 is 15.9 Å². The first-order valence-corrected chi connectivity index (χ1v) is 6.53. The molecule has 1 nitrogen and oxygen atoms in total. The van der Waals surface area contributed by atoms with Crippen molar-refractivity contribution in [3.05, 3.63) is 34.1 Å². The Labute approximate surface area is 106 Å². The van der Waals surface area contributed by atoms with Gasteiger partial charge in [0.25, 0.3) is 0 Å². The van der Waals surface area contributed by atoms with Crippen molar-refractivity contribution in [1.82, 2.24) is 5.32 Å². The van der Waals surface area contributed by atoms with Crippen LogP contribution < -0.4 is 5.32 Å². The molecule has 0 atom stereocenters. The summed E-state index contributed by atoms with van der Waals surface area (Å²) in [6, 6.07) is 5.19. The van der Waals surface area contributed by atoms with Crippen LogP contribution in [0.5, 0.6) is 0 Å². The topological polar surface area (TPSA) is 12.0 Å². The summed E-state index contributed by atoms with van der Waals surface area (Å²) in [6.45, 7) is 5.99. The fourth-order valence-electron chi connectivity index (χ4n) is 1.52. The van der Waals surface area contributed by atoms with Crippen LogP contribution in [-0.2, 0) is 6.54 Å². The van der Waals surface area contributed by atoms with E-state index in [1.165, 1.54) is 12.5 Å². The maximum Gasteiger partial charge on any atom is 0.128 e. The molecule has 0 radical (unpaired) electrons. The zero-order chi connectivity index (χ0) is 12.0. The molecule has 1 aromatic rings. The van der Waals surface area contributed by atoms with E-state index in [0.717, 1.165) is 28.9 Å². The van der Waals surface area contributed by atoms with Gasteiger partial charge in [0.2, 0.25) is 0 Å². The second-order valence-electron chi connectivity index (χ2n) is 4.45. The summed E-state index contributed by atoms with van der Waals surface area (Å²) in [5.41, 5.74) is 0.729. The number of nitrogens with one attached hydrogen (secondary N) is 1. The maximum absolute atomic E-state index is 13.4. The number of hydrogen-bond acceptors (Lipinski definition) is 1. The summed E-state index contributed by atoms with van der Waals surface area (Å²) in [5, 5.41) is 3.26. The fourth-order valence-corrected chi connectivity index (χ4v) is 1.86. The maximum atomic E-state index is 13.4. The van der Waals surface area contributed by atoms with Crippen molar-refractivity contribution in [2.45, 2.75) is 33.2 Å². The molecule has 0 spiro atoms. The number of rotatable bonds is 6. The van der Waals surface area contributed by atoms with Crippen LogP contribution in [-0.4, -0.2) is 6.54 Å². The Balaban J connectivity index is 2.27. The zero-order valence-corrected chi connectivity index (χ0v) is 11.5. The Hall–Kier alpha value is -0.410. The molecule has 1 rings (SSSR count). The first-order valence-electron chi connectivity index (χ1n) is 5.74. The van der Waals surface area contributed by atoms with Crippen molar-refractivity contribution in [3.8, 4) is 0 Å². The molecule has 0 saturated heterocycles. The van der Waals surface area contributed by atoms with Crippen molar-refractivity contribution in [2.24, 2.45) is 5.92 Å². The van der Waals surface area contributed by atoms with E-state index in [9.17, 15) is 4.39 Å². The van der Waals surface area contributed by atoms with Gasteiger partial charge in [-0.25, -0.2) is 4.39 Å². The molecule has 1 N–H and O–H groups in total. The average Bonchev–Trinajstić information content (AvgIpc) is 2.20. The van der Waals surface area contributed by atoms with Crippen LogP contribution in [0.4, 0.5) is 4.39 Å². The van der Waals surface area contributed by atoms with Gasteiger partial charge in [0, 0.05) is 16.6 Å². The van der Waals surface area contributed by atoms with Crippen LogP contribution in [0.3, 0.4) is 0 Å². The number of hydrogen-bond donors (Lipinski definition) is 1. The van der Waals surface area contributed by atoms with Gasteiger partial charge in [-0.2, -0.15) is 0 Å². The van der Waals surface area contributed by atoms with Gasteiger partial charge >= 0.3 is 0 Å². The summed E-state index contributed by atoms with van der Waals surface area (Å²) in [6.07, 6.45) is 2.37. The molecule has 0 aromatic heterocycles. The highest BCUT2D eigenvalue weighted by atomic mass is 79.9. The van der Waals surface area contributed by atoms with E-state index in [4.69, 9.17) is 0 Å². The summed E-state index contributed by atoms with van der Waals surface area (Å²) in [5.74, 6) is 0.594. The van der Waals surface area contributed by atoms with Gasteiger partial charge in [-0.15, -0.1) is 0 Å². The third-order valence-electron chi connectivity index (χ3n) is 2.47. The van der Waals surface area contributed by atoms with E-state index in [-0.39, 0.29) is 5.82 Å². The normalized spacial score (nSPS) is 11.1. The molecule has 1 aromatic carbocycles. The molecule has 0 aliphatic heterocycles. The molecule has 0 aliphatic carbocycles. The van der Waals surface area contributed by atoms with Gasteiger partial charge in [0.1, 0.15) is 5.82 Å². The Morgan fingerprint density at radius 3 is 2.75 bits per heavy atom. The summed E-state index contributed by atoms with van der Waals surface area (Å²) >= 11 is 3.24. The van der Waals surface area contributed by atoms with Crippen LogP contribution in [0.1, 0.15) is 32.3 Å². The second-order valence-corrected chi connectivity index (χ2v) is 5.36. The standard InChI is InChI=1S/C13H19BrFN/c1-10(2)4-3-7-16-9-11-5-6-12(14)8-13(11)15/h5-6,8,10,16H,3-4,7,9H2,1-2H3. The smallest absolute Gasteiger partial charge is 0.128 e. The van der Waals surface area contributed by atoms with Crippen molar-refractivity contribution >= 4 is 15.9 Å². The monoisotopic (exact) mass is 287 g/mol. The van der Waals surface area contributed by atoms with Gasteiger partial charge in [-0.1, -0.05) is 35.8 Å². The molecule has 0 bridgehead atoms. The van der Waals surface area contributed by atoms with Gasteiger partial charge < -0.3 is 5.32 Å². The molecule has 90 valence electrons. The molecule has 0 heterocycles. The predicted molar refractivity (Wildman–Crippen MR) is 69.9 cm³/mol. The van der Waals surface area contributed by atoms with E-state index in [1.54, 1.807) is 0 Å². The summed E-state index contributed by atoms with van der Waals surface area (Å²) in [7, 11) is 0. The first kappa shape index (κ1) is 13.7. The molecule has 0 amide bonds. The molecule has 0 saturated carbocycles. The van der Waals surface area contributed by atoms with Crippen LogP contribution in [0, 0.1) is 11.7 Å². The minimum Gasteiger partial charge on any atom is -0.313 e. The quantitative estimate of drug-likeness (QED) is 0.777. The number of halogens is 2. The van der Waals surface area contributed by atoms with Crippen molar-refractivity contribution in [3.63, 3.8) is 0 Å². The first-order chi connectivity index (χ1) is 7.59. The van der Waals surface area contributed by atoms with E-state index < -0.39 is 0 Å². The molecule has 0 unspecified atom stereocenters. The Kier molecular flexibility index (Phi) is 5.99. The largest absolute Gasteiger partial charge is 0.313 e. The van der Waals surface area contributed by atoms with Gasteiger partial charge in [0.05, 0.1) is 0 Å². The zero-order valence-electron chi connectivity index (χ0n) is 9.89. The van der Waals surface area contributed by atoms with Gasteiger partial charge in [0.15, 0.2) is 0 Å². The van der Waals surface area contributed by atoms with E-state index in [1.807, 2.05) is 12.1 Å². The van der Waals surface area contributed by atoms with Crippen molar-refractivity contribution < 1.29 is 4.39 Å². The lowest BCUT2D eigenvalue weighted by molar-refractivity contribution is 0.521.